The maximum Gasteiger partial charge on any atom is 0.259 e. The van der Waals surface area contributed by atoms with Crippen molar-refractivity contribution in [1.29, 1.82) is 0 Å². The third-order valence-corrected chi connectivity index (χ3v) is 3.12. The number of hydrogen-bond donors (Lipinski definition) is 2. The first-order valence-corrected chi connectivity index (χ1v) is 6.51. The van der Waals surface area contributed by atoms with Crippen LogP contribution in [0.2, 0.25) is 5.02 Å². The van der Waals surface area contributed by atoms with Crippen LogP contribution in [0.1, 0.15) is 10.4 Å². The fraction of sp³-hybridized carbons (Fsp3) is 0.133. The standard InChI is InChI=1S/C15H15ClN2O3/c1-20-13-6-3-9(16)7-11(13)15(19)18-12-5-4-10(17)8-14(12)21-2/h3-8H,17H2,1-2H3,(H,18,19). The predicted octanol–water partition coefficient (Wildman–Crippen LogP) is 3.19. The van der Waals surface area contributed by atoms with Crippen LogP contribution in [-0.4, -0.2) is 20.1 Å². The van der Waals surface area contributed by atoms with E-state index in [1.54, 1.807) is 36.4 Å². The summed E-state index contributed by atoms with van der Waals surface area (Å²) in [5.74, 6) is 0.563. The molecular weight excluding hydrogens is 292 g/mol. The monoisotopic (exact) mass is 306 g/mol. The second-order valence-corrected chi connectivity index (χ2v) is 4.69. The maximum absolute atomic E-state index is 12.4. The number of hydrogen-bond acceptors (Lipinski definition) is 4. The molecule has 0 atom stereocenters. The fourth-order valence-corrected chi connectivity index (χ4v) is 2.03. The number of benzene rings is 2. The van der Waals surface area contributed by atoms with Gasteiger partial charge in [-0.1, -0.05) is 11.6 Å². The Morgan fingerprint density at radius 3 is 2.48 bits per heavy atom. The molecule has 5 nitrogen and oxygen atoms in total. The molecular formula is C15H15ClN2O3. The van der Waals surface area contributed by atoms with Gasteiger partial charge >= 0.3 is 0 Å². The van der Waals surface area contributed by atoms with E-state index in [-0.39, 0.29) is 5.91 Å². The number of anilines is 2. The van der Waals surface area contributed by atoms with Crippen molar-refractivity contribution in [3.8, 4) is 11.5 Å². The molecule has 3 N–H and O–H groups in total. The number of nitrogen functional groups attached to an aromatic ring is 1. The molecule has 0 bridgehead atoms. The predicted molar refractivity (Wildman–Crippen MR) is 83.4 cm³/mol. The average Bonchev–Trinajstić information content (AvgIpc) is 2.48. The summed E-state index contributed by atoms with van der Waals surface area (Å²) in [4.78, 5) is 12.4. The van der Waals surface area contributed by atoms with Gasteiger partial charge in [0.05, 0.1) is 25.5 Å². The lowest BCUT2D eigenvalue weighted by Crippen LogP contribution is -2.14. The summed E-state index contributed by atoms with van der Waals surface area (Å²) in [7, 11) is 2.99. The topological polar surface area (TPSA) is 73.6 Å². The minimum Gasteiger partial charge on any atom is -0.496 e. The van der Waals surface area contributed by atoms with Crippen LogP contribution in [0.25, 0.3) is 0 Å². The second-order valence-electron chi connectivity index (χ2n) is 4.26. The van der Waals surface area contributed by atoms with Crippen molar-refractivity contribution in [3.05, 3.63) is 47.0 Å². The number of ether oxygens (including phenoxy) is 2. The van der Waals surface area contributed by atoms with Gasteiger partial charge in [-0.15, -0.1) is 0 Å². The van der Waals surface area contributed by atoms with Crippen LogP contribution in [-0.2, 0) is 0 Å². The summed E-state index contributed by atoms with van der Waals surface area (Å²) in [6, 6.07) is 9.80. The summed E-state index contributed by atoms with van der Waals surface area (Å²) in [6.07, 6.45) is 0. The number of nitrogens with one attached hydrogen (secondary N) is 1. The molecule has 0 aliphatic rings. The van der Waals surface area contributed by atoms with Crippen LogP contribution in [0.5, 0.6) is 11.5 Å². The van der Waals surface area contributed by atoms with Gasteiger partial charge < -0.3 is 20.5 Å². The third-order valence-electron chi connectivity index (χ3n) is 2.88. The van der Waals surface area contributed by atoms with E-state index in [4.69, 9.17) is 26.8 Å². The maximum atomic E-state index is 12.4. The number of rotatable bonds is 4. The number of nitrogens with two attached hydrogens (primary N) is 1. The number of carbonyl (C=O) groups is 1. The Hall–Kier alpha value is -2.40. The lowest BCUT2D eigenvalue weighted by Gasteiger charge is -2.12. The Morgan fingerprint density at radius 2 is 1.81 bits per heavy atom. The van der Waals surface area contributed by atoms with E-state index in [0.29, 0.717) is 33.5 Å². The van der Waals surface area contributed by atoms with Crippen molar-refractivity contribution >= 4 is 28.9 Å². The molecule has 0 aliphatic carbocycles. The highest BCUT2D eigenvalue weighted by Crippen LogP contribution is 2.29. The van der Waals surface area contributed by atoms with Gasteiger partial charge in [0.1, 0.15) is 11.5 Å². The Kier molecular flexibility index (Phi) is 4.55. The van der Waals surface area contributed by atoms with Crippen molar-refractivity contribution in [2.45, 2.75) is 0 Å². The normalized spacial score (nSPS) is 10.0. The highest BCUT2D eigenvalue weighted by molar-refractivity contribution is 6.31. The number of halogens is 1. The van der Waals surface area contributed by atoms with Gasteiger partial charge in [0.25, 0.3) is 5.91 Å². The first kappa shape index (κ1) is 15.0. The van der Waals surface area contributed by atoms with E-state index in [9.17, 15) is 4.79 Å². The van der Waals surface area contributed by atoms with Gasteiger partial charge in [-0.05, 0) is 30.3 Å². The lowest BCUT2D eigenvalue weighted by molar-refractivity contribution is 0.102. The average molecular weight is 307 g/mol. The molecule has 0 radical (unpaired) electrons. The fourth-order valence-electron chi connectivity index (χ4n) is 1.86. The summed E-state index contributed by atoms with van der Waals surface area (Å²) in [5.41, 5.74) is 7.08. The van der Waals surface area contributed by atoms with Crippen LogP contribution < -0.4 is 20.5 Å². The molecule has 6 heteroatoms. The minimum absolute atomic E-state index is 0.337. The van der Waals surface area contributed by atoms with Crippen LogP contribution >= 0.6 is 11.6 Å². The summed E-state index contributed by atoms with van der Waals surface area (Å²) in [5, 5.41) is 3.20. The van der Waals surface area contributed by atoms with E-state index in [0.717, 1.165) is 0 Å². The van der Waals surface area contributed by atoms with Crippen LogP contribution in [0.3, 0.4) is 0 Å². The zero-order valence-corrected chi connectivity index (χ0v) is 12.4. The largest absolute Gasteiger partial charge is 0.496 e. The molecule has 2 aromatic carbocycles. The van der Waals surface area contributed by atoms with E-state index in [1.807, 2.05) is 0 Å². The molecule has 2 rings (SSSR count). The Morgan fingerprint density at radius 1 is 1.10 bits per heavy atom. The molecule has 0 spiro atoms. The Bertz CT molecular complexity index is 674. The molecule has 0 fully saturated rings. The first-order chi connectivity index (χ1) is 10.0. The van der Waals surface area contributed by atoms with Crippen molar-refractivity contribution in [2.75, 3.05) is 25.3 Å². The van der Waals surface area contributed by atoms with Crippen LogP contribution in [0.15, 0.2) is 36.4 Å². The van der Waals surface area contributed by atoms with Crippen molar-refractivity contribution in [2.24, 2.45) is 0 Å². The molecule has 1 amide bonds. The highest BCUT2D eigenvalue weighted by atomic mass is 35.5. The summed E-state index contributed by atoms with van der Waals surface area (Å²) >= 11 is 5.92. The van der Waals surface area contributed by atoms with Gasteiger partial charge in [-0.25, -0.2) is 0 Å². The van der Waals surface area contributed by atoms with Gasteiger partial charge in [0, 0.05) is 16.8 Å². The van der Waals surface area contributed by atoms with E-state index >= 15 is 0 Å². The van der Waals surface area contributed by atoms with Crippen molar-refractivity contribution in [3.63, 3.8) is 0 Å². The molecule has 0 heterocycles. The molecule has 0 saturated heterocycles. The van der Waals surface area contributed by atoms with E-state index in [1.165, 1.54) is 14.2 Å². The highest BCUT2D eigenvalue weighted by Gasteiger charge is 2.15. The number of carbonyl (C=O) groups excluding carboxylic acids is 1. The van der Waals surface area contributed by atoms with Crippen molar-refractivity contribution in [1.82, 2.24) is 0 Å². The summed E-state index contributed by atoms with van der Waals surface area (Å²) < 4.78 is 10.4. The Labute approximate surface area is 127 Å². The molecule has 2 aromatic rings. The first-order valence-electron chi connectivity index (χ1n) is 6.13. The zero-order chi connectivity index (χ0) is 15.4. The molecule has 110 valence electrons. The molecule has 0 aliphatic heterocycles. The molecule has 0 aromatic heterocycles. The van der Waals surface area contributed by atoms with Gasteiger partial charge in [0.15, 0.2) is 0 Å². The van der Waals surface area contributed by atoms with E-state index < -0.39 is 0 Å². The van der Waals surface area contributed by atoms with Gasteiger partial charge in [-0.3, -0.25) is 4.79 Å². The quantitative estimate of drug-likeness (QED) is 0.851. The van der Waals surface area contributed by atoms with Crippen LogP contribution in [0.4, 0.5) is 11.4 Å². The van der Waals surface area contributed by atoms with Crippen LogP contribution in [0, 0.1) is 0 Å². The third kappa shape index (κ3) is 3.38. The smallest absolute Gasteiger partial charge is 0.259 e. The lowest BCUT2D eigenvalue weighted by atomic mass is 10.1. The van der Waals surface area contributed by atoms with E-state index in [2.05, 4.69) is 5.32 Å². The molecule has 0 unspecified atom stereocenters. The number of methoxy groups -OCH3 is 2. The van der Waals surface area contributed by atoms with Gasteiger partial charge in [0.2, 0.25) is 0 Å². The second kappa shape index (κ2) is 6.37. The zero-order valence-electron chi connectivity index (χ0n) is 11.6. The SMILES string of the molecule is COc1cc(N)ccc1NC(=O)c1cc(Cl)ccc1OC. The Balaban J connectivity index is 2.32. The molecule has 21 heavy (non-hydrogen) atoms. The minimum atomic E-state index is -0.350. The molecule has 0 saturated carbocycles. The van der Waals surface area contributed by atoms with Crippen molar-refractivity contribution < 1.29 is 14.3 Å². The number of amides is 1. The summed E-state index contributed by atoms with van der Waals surface area (Å²) in [6.45, 7) is 0. The van der Waals surface area contributed by atoms with Gasteiger partial charge in [-0.2, -0.15) is 0 Å².